The van der Waals surface area contributed by atoms with E-state index < -0.39 is 36.7 Å². The number of halogens is 3. The molecule has 0 heterocycles. The topological polar surface area (TPSA) is 60.4 Å². The highest BCUT2D eigenvalue weighted by atomic mass is 19.4. The average Bonchev–Trinajstić information content (AvgIpc) is 1.96. The molecule has 14 heavy (non-hydrogen) atoms. The van der Waals surface area contributed by atoms with Gasteiger partial charge in [-0.05, 0) is 6.92 Å². The van der Waals surface area contributed by atoms with Crippen molar-refractivity contribution in [1.29, 1.82) is 0 Å². The van der Waals surface area contributed by atoms with Gasteiger partial charge in [-0.1, -0.05) is 0 Å². The Morgan fingerprint density at radius 2 is 1.71 bits per heavy atom. The molecule has 80 valence electrons. The highest BCUT2D eigenvalue weighted by molar-refractivity contribution is 5.95. The second-order valence-electron chi connectivity index (χ2n) is 2.46. The summed E-state index contributed by atoms with van der Waals surface area (Å²) < 4.78 is 38.6. The van der Waals surface area contributed by atoms with Gasteiger partial charge in [-0.3, -0.25) is 14.4 Å². The third-order valence-electron chi connectivity index (χ3n) is 1.07. The first-order valence-corrected chi connectivity index (χ1v) is 3.48. The number of carbonyl (C=O) groups excluding carboxylic acids is 3. The van der Waals surface area contributed by atoms with Crippen molar-refractivity contribution in [3.8, 4) is 0 Å². The molecular formula is C7H7F3O4. The third kappa shape index (κ3) is 5.28. The second kappa shape index (κ2) is 4.73. The Bertz CT molecular complexity index is 256. The molecule has 7 heteroatoms. The van der Waals surface area contributed by atoms with Gasteiger partial charge >= 0.3 is 12.1 Å². The second-order valence-corrected chi connectivity index (χ2v) is 2.46. The first kappa shape index (κ1) is 12.6. The molecule has 0 spiro atoms. The van der Waals surface area contributed by atoms with Gasteiger partial charge in [-0.2, -0.15) is 13.2 Å². The normalized spacial score (nSPS) is 10.9. The van der Waals surface area contributed by atoms with Crippen LogP contribution in [0.3, 0.4) is 0 Å². The Kier molecular flexibility index (Phi) is 4.26. The van der Waals surface area contributed by atoms with Gasteiger partial charge in [-0.25, -0.2) is 0 Å². The van der Waals surface area contributed by atoms with Crippen LogP contribution in [0.25, 0.3) is 0 Å². The van der Waals surface area contributed by atoms with Crippen molar-refractivity contribution in [2.75, 3.05) is 6.61 Å². The largest absolute Gasteiger partial charge is 0.457 e. The molecule has 0 rings (SSSR count). The fraction of sp³-hybridized carbons (Fsp3) is 0.571. The number of hydrogen-bond acceptors (Lipinski definition) is 4. The van der Waals surface area contributed by atoms with Crippen LogP contribution in [-0.2, 0) is 19.1 Å². The number of ether oxygens (including phenoxy) is 1. The number of esters is 1. The number of ketones is 2. The Morgan fingerprint density at radius 3 is 2.07 bits per heavy atom. The van der Waals surface area contributed by atoms with Gasteiger partial charge in [0.1, 0.15) is 12.2 Å². The molecule has 0 radical (unpaired) electrons. The molecule has 0 amide bonds. The summed E-state index contributed by atoms with van der Waals surface area (Å²) in [6, 6.07) is 0. The van der Waals surface area contributed by atoms with E-state index in [4.69, 9.17) is 0 Å². The molecule has 0 aliphatic carbocycles. The summed E-state index contributed by atoms with van der Waals surface area (Å²) in [6.07, 6.45) is -5.65. The van der Waals surface area contributed by atoms with Gasteiger partial charge in [0.2, 0.25) is 0 Å². The van der Waals surface area contributed by atoms with Crippen molar-refractivity contribution >= 4 is 17.5 Å². The molecule has 4 nitrogen and oxygen atoms in total. The molecule has 0 aromatic heterocycles. The summed E-state index contributed by atoms with van der Waals surface area (Å²) in [7, 11) is 0. The van der Waals surface area contributed by atoms with Crippen LogP contribution in [0.1, 0.15) is 13.3 Å². The van der Waals surface area contributed by atoms with Crippen molar-refractivity contribution in [2.45, 2.75) is 19.5 Å². The summed E-state index contributed by atoms with van der Waals surface area (Å²) in [4.78, 5) is 31.0. The highest BCUT2D eigenvalue weighted by Crippen LogP contribution is 2.15. The summed E-state index contributed by atoms with van der Waals surface area (Å²) in [5.74, 6) is -3.85. The average molecular weight is 212 g/mol. The predicted molar refractivity (Wildman–Crippen MR) is 37.3 cm³/mol. The maximum absolute atomic E-state index is 11.6. The molecule has 0 fully saturated rings. The van der Waals surface area contributed by atoms with E-state index in [1.807, 2.05) is 0 Å². The maximum Gasteiger partial charge on any atom is 0.453 e. The molecule has 0 N–H and O–H groups in total. The van der Waals surface area contributed by atoms with Crippen molar-refractivity contribution in [1.82, 2.24) is 0 Å². The Labute approximate surface area is 77.0 Å². The zero-order chi connectivity index (χ0) is 11.4. The first-order chi connectivity index (χ1) is 6.23. The van der Waals surface area contributed by atoms with E-state index in [1.165, 1.54) is 0 Å². The van der Waals surface area contributed by atoms with E-state index in [2.05, 4.69) is 4.74 Å². The van der Waals surface area contributed by atoms with Gasteiger partial charge in [0.15, 0.2) is 6.61 Å². The molecule has 0 aromatic rings. The fourth-order valence-corrected chi connectivity index (χ4v) is 0.482. The SMILES string of the molecule is CC(=O)CC(=O)OCC(=O)C(F)(F)F. The monoisotopic (exact) mass is 212 g/mol. The molecule has 0 aliphatic rings. The van der Waals surface area contributed by atoms with Crippen molar-refractivity contribution in [3.05, 3.63) is 0 Å². The lowest BCUT2D eigenvalue weighted by Crippen LogP contribution is -2.28. The van der Waals surface area contributed by atoms with Gasteiger partial charge in [0.05, 0.1) is 0 Å². The van der Waals surface area contributed by atoms with Crippen molar-refractivity contribution < 1.29 is 32.3 Å². The van der Waals surface area contributed by atoms with Crippen LogP contribution in [-0.4, -0.2) is 30.3 Å². The third-order valence-corrected chi connectivity index (χ3v) is 1.07. The van der Waals surface area contributed by atoms with Crippen LogP contribution in [0, 0.1) is 0 Å². The number of carbonyl (C=O) groups is 3. The minimum absolute atomic E-state index is 0.547. The summed E-state index contributed by atoms with van der Waals surface area (Å²) in [5.41, 5.74) is 0. The predicted octanol–water partition coefficient (Wildman–Crippen LogP) is 0.640. The Morgan fingerprint density at radius 1 is 1.21 bits per heavy atom. The molecule has 0 unspecified atom stereocenters. The van der Waals surface area contributed by atoms with E-state index in [-0.39, 0.29) is 0 Å². The van der Waals surface area contributed by atoms with Crippen molar-refractivity contribution in [3.63, 3.8) is 0 Å². The van der Waals surface area contributed by atoms with Gasteiger partial charge in [0.25, 0.3) is 5.78 Å². The molecule has 0 atom stereocenters. The van der Waals surface area contributed by atoms with Gasteiger partial charge < -0.3 is 4.74 Å². The Hall–Kier alpha value is -1.40. The first-order valence-electron chi connectivity index (χ1n) is 3.48. The van der Waals surface area contributed by atoms with E-state index in [1.54, 1.807) is 0 Å². The quantitative estimate of drug-likeness (QED) is 0.506. The zero-order valence-electron chi connectivity index (χ0n) is 7.18. The lowest BCUT2D eigenvalue weighted by atomic mass is 10.3. The number of hydrogen-bond donors (Lipinski definition) is 0. The summed E-state index contributed by atoms with van der Waals surface area (Å²) >= 11 is 0. The lowest BCUT2D eigenvalue weighted by Gasteiger charge is -2.05. The van der Waals surface area contributed by atoms with Crippen LogP contribution in [0.15, 0.2) is 0 Å². The van der Waals surface area contributed by atoms with Gasteiger partial charge in [0, 0.05) is 0 Å². The van der Waals surface area contributed by atoms with Crippen LogP contribution in [0.2, 0.25) is 0 Å². The van der Waals surface area contributed by atoms with E-state index in [9.17, 15) is 27.6 Å². The molecule has 0 bridgehead atoms. The molecule has 0 aromatic carbocycles. The molecular weight excluding hydrogens is 205 g/mol. The summed E-state index contributed by atoms with van der Waals surface area (Å²) in [6.45, 7) is -0.303. The van der Waals surface area contributed by atoms with Crippen LogP contribution in [0.4, 0.5) is 13.2 Å². The minimum Gasteiger partial charge on any atom is -0.457 e. The molecule has 0 saturated carbocycles. The van der Waals surface area contributed by atoms with Crippen LogP contribution in [0.5, 0.6) is 0 Å². The zero-order valence-corrected chi connectivity index (χ0v) is 7.18. The number of alkyl halides is 3. The van der Waals surface area contributed by atoms with E-state index in [0.29, 0.717) is 0 Å². The molecule has 0 saturated heterocycles. The van der Waals surface area contributed by atoms with Crippen LogP contribution >= 0.6 is 0 Å². The van der Waals surface area contributed by atoms with E-state index >= 15 is 0 Å². The van der Waals surface area contributed by atoms with E-state index in [0.717, 1.165) is 6.92 Å². The fourth-order valence-electron chi connectivity index (χ4n) is 0.482. The molecule has 0 aliphatic heterocycles. The smallest absolute Gasteiger partial charge is 0.453 e. The Balaban J connectivity index is 3.90. The lowest BCUT2D eigenvalue weighted by molar-refractivity contribution is -0.178. The van der Waals surface area contributed by atoms with Crippen LogP contribution < -0.4 is 0 Å². The number of rotatable bonds is 4. The van der Waals surface area contributed by atoms with Gasteiger partial charge in [-0.15, -0.1) is 0 Å². The van der Waals surface area contributed by atoms with Crippen molar-refractivity contribution in [2.24, 2.45) is 0 Å². The number of Topliss-reactive ketones (excluding diaryl/α,β-unsaturated/α-hetero) is 2. The summed E-state index contributed by atoms with van der Waals surface area (Å²) in [5, 5.41) is 0. The highest BCUT2D eigenvalue weighted by Gasteiger charge is 2.38. The standard InChI is InChI=1S/C7H7F3O4/c1-4(11)2-6(13)14-3-5(12)7(8,9)10/h2-3H2,1H3. The minimum atomic E-state index is -5.02. The maximum atomic E-state index is 11.6.